The Kier molecular flexibility index (Phi) is 3.75. The molecule has 0 aromatic heterocycles. The summed E-state index contributed by atoms with van der Waals surface area (Å²) in [4.78, 5) is 13.7. The van der Waals surface area contributed by atoms with Gasteiger partial charge in [-0.1, -0.05) is 6.92 Å². The molecule has 0 bridgehead atoms. The molecule has 1 atom stereocenters. The highest BCUT2D eigenvalue weighted by Gasteiger charge is 2.26. The summed E-state index contributed by atoms with van der Waals surface area (Å²) >= 11 is 0. The number of hydrogen-bond donors (Lipinski definition) is 0. The monoisotopic (exact) mass is 249 g/mol. The van der Waals surface area contributed by atoms with E-state index in [1.54, 1.807) is 14.2 Å². The fourth-order valence-electron chi connectivity index (χ4n) is 2.31. The second-order valence-electron chi connectivity index (χ2n) is 4.76. The van der Waals surface area contributed by atoms with Gasteiger partial charge in [-0.05, 0) is 18.1 Å². The zero-order valence-electron chi connectivity index (χ0n) is 11.1. The van der Waals surface area contributed by atoms with Gasteiger partial charge in [0.05, 0.1) is 14.2 Å². The third-order valence-corrected chi connectivity index (χ3v) is 3.26. The van der Waals surface area contributed by atoms with Gasteiger partial charge in [-0.15, -0.1) is 0 Å². The Labute approximate surface area is 107 Å². The van der Waals surface area contributed by atoms with E-state index >= 15 is 0 Å². The van der Waals surface area contributed by atoms with Crippen molar-refractivity contribution in [3.8, 4) is 11.5 Å². The van der Waals surface area contributed by atoms with Gasteiger partial charge in [0.15, 0.2) is 0 Å². The first-order chi connectivity index (χ1) is 8.63. The third kappa shape index (κ3) is 2.58. The maximum Gasteiger partial charge on any atom is 0.223 e. The largest absolute Gasteiger partial charge is 0.497 e. The van der Waals surface area contributed by atoms with Crippen LogP contribution in [0.15, 0.2) is 18.2 Å². The maximum absolute atomic E-state index is 11.8. The number of nitrogens with zero attached hydrogens (tertiary/aromatic N) is 1. The van der Waals surface area contributed by atoms with E-state index in [1.165, 1.54) is 0 Å². The number of methoxy groups -OCH3 is 2. The predicted molar refractivity (Wildman–Crippen MR) is 68.7 cm³/mol. The average molecular weight is 249 g/mol. The standard InChI is InChI=1S/C14H19NO3/c1-10-6-14(16)15(8-10)9-11-4-5-12(17-2)7-13(11)18-3/h4-5,7,10H,6,8-9H2,1-3H3. The molecule has 4 heteroatoms. The smallest absolute Gasteiger partial charge is 0.223 e. The molecule has 0 saturated carbocycles. The van der Waals surface area contributed by atoms with Gasteiger partial charge in [-0.25, -0.2) is 0 Å². The van der Waals surface area contributed by atoms with Gasteiger partial charge in [-0.2, -0.15) is 0 Å². The zero-order chi connectivity index (χ0) is 13.1. The van der Waals surface area contributed by atoms with Crippen molar-refractivity contribution in [2.24, 2.45) is 5.92 Å². The van der Waals surface area contributed by atoms with Gasteiger partial charge in [0.2, 0.25) is 5.91 Å². The van der Waals surface area contributed by atoms with Crippen molar-refractivity contribution in [1.29, 1.82) is 0 Å². The summed E-state index contributed by atoms with van der Waals surface area (Å²) < 4.78 is 10.5. The van der Waals surface area contributed by atoms with Crippen molar-refractivity contribution < 1.29 is 14.3 Å². The third-order valence-electron chi connectivity index (χ3n) is 3.26. The number of benzene rings is 1. The van der Waals surface area contributed by atoms with E-state index in [2.05, 4.69) is 6.92 Å². The number of rotatable bonds is 4. The Balaban J connectivity index is 2.16. The molecule has 1 aromatic rings. The summed E-state index contributed by atoms with van der Waals surface area (Å²) in [7, 11) is 3.26. The minimum atomic E-state index is 0.223. The summed E-state index contributed by atoms with van der Waals surface area (Å²) in [6, 6.07) is 5.69. The molecule has 0 radical (unpaired) electrons. The van der Waals surface area contributed by atoms with Crippen LogP contribution in [0.1, 0.15) is 18.9 Å². The molecule has 1 fully saturated rings. The van der Waals surface area contributed by atoms with E-state index < -0.39 is 0 Å². The highest BCUT2D eigenvalue weighted by molar-refractivity contribution is 5.78. The molecule has 98 valence electrons. The molecule has 1 heterocycles. The molecule has 1 saturated heterocycles. The molecule has 18 heavy (non-hydrogen) atoms. The van der Waals surface area contributed by atoms with Crippen LogP contribution in [0, 0.1) is 5.92 Å². The summed E-state index contributed by atoms with van der Waals surface area (Å²) in [6.45, 7) is 3.54. The van der Waals surface area contributed by atoms with Gasteiger partial charge in [0.25, 0.3) is 0 Å². The summed E-state index contributed by atoms with van der Waals surface area (Å²) in [6.07, 6.45) is 0.651. The normalized spacial score (nSPS) is 19.2. The second-order valence-corrected chi connectivity index (χ2v) is 4.76. The zero-order valence-corrected chi connectivity index (χ0v) is 11.1. The molecular weight excluding hydrogens is 230 g/mol. The number of likely N-dealkylation sites (tertiary alicyclic amines) is 1. The molecule has 0 aliphatic carbocycles. The van der Waals surface area contributed by atoms with Gasteiger partial charge >= 0.3 is 0 Å². The molecule has 1 aromatic carbocycles. The Bertz CT molecular complexity index is 445. The minimum Gasteiger partial charge on any atom is -0.497 e. The molecule has 0 N–H and O–H groups in total. The van der Waals surface area contributed by atoms with Crippen LogP contribution in [0.3, 0.4) is 0 Å². The van der Waals surface area contributed by atoms with E-state index in [4.69, 9.17) is 9.47 Å². The van der Waals surface area contributed by atoms with Gasteiger partial charge in [0, 0.05) is 31.1 Å². The molecule has 1 aliphatic heterocycles. The lowest BCUT2D eigenvalue weighted by molar-refractivity contribution is -0.128. The van der Waals surface area contributed by atoms with Crippen LogP contribution < -0.4 is 9.47 Å². The van der Waals surface area contributed by atoms with Gasteiger partial charge < -0.3 is 14.4 Å². The van der Waals surface area contributed by atoms with Crippen molar-refractivity contribution in [3.05, 3.63) is 23.8 Å². The Morgan fingerprint density at radius 1 is 1.33 bits per heavy atom. The molecular formula is C14H19NO3. The molecule has 0 spiro atoms. The lowest BCUT2D eigenvalue weighted by Gasteiger charge is -2.18. The topological polar surface area (TPSA) is 38.8 Å². The quantitative estimate of drug-likeness (QED) is 0.820. The van der Waals surface area contributed by atoms with Crippen molar-refractivity contribution >= 4 is 5.91 Å². The van der Waals surface area contributed by atoms with E-state index in [9.17, 15) is 4.79 Å². The lowest BCUT2D eigenvalue weighted by Crippen LogP contribution is -2.24. The fourth-order valence-corrected chi connectivity index (χ4v) is 2.31. The second kappa shape index (κ2) is 5.29. The van der Waals surface area contributed by atoms with Gasteiger partial charge in [0.1, 0.15) is 11.5 Å². The maximum atomic E-state index is 11.8. The van der Waals surface area contributed by atoms with Gasteiger partial charge in [-0.3, -0.25) is 4.79 Å². The Morgan fingerprint density at radius 3 is 2.67 bits per heavy atom. The molecule has 4 nitrogen and oxygen atoms in total. The molecule has 1 amide bonds. The highest BCUT2D eigenvalue weighted by Crippen LogP contribution is 2.27. The SMILES string of the molecule is COc1ccc(CN2CC(C)CC2=O)c(OC)c1. The number of hydrogen-bond acceptors (Lipinski definition) is 3. The van der Waals surface area contributed by atoms with E-state index in [0.29, 0.717) is 18.9 Å². The highest BCUT2D eigenvalue weighted by atomic mass is 16.5. The van der Waals surface area contributed by atoms with Crippen molar-refractivity contribution in [2.75, 3.05) is 20.8 Å². The first-order valence-electron chi connectivity index (χ1n) is 6.12. The fraction of sp³-hybridized carbons (Fsp3) is 0.500. The number of amides is 1. The van der Waals surface area contributed by atoms with Crippen LogP contribution in [-0.2, 0) is 11.3 Å². The lowest BCUT2D eigenvalue weighted by atomic mass is 10.1. The van der Waals surface area contributed by atoms with Crippen LogP contribution >= 0.6 is 0 Å². The summed E-state index contributed by atoms with van der Waals surface area (Å²) in [5.41, 5.74) is 1.01. The Hall–Kier alpha value is -1.71. The van der Waals surface area contributed by atoms with Crippen molar-refractivity contribution in [3.63, 3.8) is 0 Å². The number of carbonyl (C=O) groups is 1. The van der Waals surface area contributed by atoms with Crippen LogP contribution in [0.4, 0.5) is 0 Å². The van der Waals surface area contributed by atoms with E-state index in [1.807, 2.05) is 23.1 Å². The molecule has 2 rings (SSSR count). The van der Waals surface area contributed by atoms with Crippen LogP contribution in [0.25, 0.3) is 0 Å². The Morgan fingerprint density at radius 2 is 2.11 bits per heavy atom. The predicted octanol–water partition coefficient (Wildman–Crippen LogP) is 2.07. The molecule has 1 aliphatic rings. The first-order valence-corrected chi connectivity index (χ1v) is 6.12. The minimum absolute atomic E-state index is 0.223. The molecule has 1 unspecified atom stereocenters. The summed E-state index contributed by atoms with van der Waals surface area (Å²) in [5, 5.41) is 0. The average Bonchev–Trinajstić information content (AvgIpc) is 2.68. The van der Waals surface area contributed by atoms with E-state index in [-0.39, 0.29) is 5.91 Å². The van der Waals surface area contributed by atoms with Crippen molar-refractivity contribution in [2.45, 2.75) is 19.9 Å². The van der Waals surface area contributed by atoms with Crippen LogP contribution in [-0.4, -0.2) is 31.6 Å². The van der Waals surface area contributed by atoms with Crippen LogP contribution in [0.5, 0.6) is 11.5 Å². The van der Waals surface area contributed by atoms with Crippen LogP contribution in [0.2, 0.25) is 0 Å². The summed E-state index contributed by atoms with van der Waals surface area (Å²) in [5.74, 6) is 2.19. The van der Waals surface area contributed by atoms with E-state index in [0.717, 1.165) is 23.6 Å². The number of ether oxygens (including phenoxy) is 2. The number of carbonyl (C=O) groups excluding carboxylic acids is 1. The first kappa shape index (κ1) is 12.7. The van der Waals surface area contributed by atoms with Crippen molar-refractivity contribution in [1.82, 2.24) is 4.90 Å².